The van der Waals surface area contributed by atoms with E-state index in [1.165, 1.54) is 30.9 Å². The second-order valence-corrected chi connectivity index (χ2v) is 7.59. The third-order valence-electron chi connectivity index (χ3n) is 2.92. The Morgan fingerprint density at radius 1 is 1.06 bits per heavy atom. The van der Waals surface area contributed by atoms with Crippen molar-refractivity contribution in [3.8, 4) is 0 Å². The van der Waals surface area contributed by atoms with Gasteiger partial charge >= 0.3 is 0 Å². The molecule has 0 aliphatic rings. The van der Waals surface area contributed by atoms with Crippen LogP contribution in [0.5, 0.6) is 0 Å². The Morgan fingerprint density at radius 3 is 2.12 bits per heavy atom. The minimum Gasteiger partial charge on any atom is -0.131 e. The summed E-state index contributed by atoms with van der Waals surface area (Å²) in [5.41, 5.74) is 5.38. The van der Waals surface area contributed by atoms with Crippen LogP contribution in [0.25, 0.3) is 0 Å². The van der Waals surface area contributed by atoms with Crippen molar-refractivity contribution in [3.63, 3.8) is 0 Å². The van der Waals surface area contributed by atoms with Gasteiger partial charge in [0.1, 0.15) is 0 Å². The maximum atomic E-state index is 3.83. The number of alkyl halides is 1. The molecule has 0 amide bonds. The van der Waals surface area contributed by atoms with Crippen molar-refractivity contribution in [2.75, 3.05) is 0 Å². The van der Waals surface area contributed by atoms with Gasteiger partial charge in [0, 0.05) is 4.88 Å². The van der Waals surface area contributed by atoms with Gasteiger partial charge in [0.2, 0.25) is 0 Å². The molecule has 1 unspecified atom stereocenters. The van der Waals surface area contributed by atoms with Crippen LogP contribution in [0.4, 0.5) is 0 Å². The van der Waals surface area contributed by atoms with E-state index in [1.54, 1.807) is 11.3 Å². The second kappa shape index (κ2) is 5.25. The first-order chi connectivity index (χ1) is 8.00. The molecular weight excluding hydrogens is 360 g/mol. The van der Waals surface area contributed by atoms with Gasteiger partial charge in [-0.05, 0) is 65.0 Å². The Balaban J connectivity index is 2.47. The normalized spacial score (nSPS) is 12.8. The number of halogens is 2. The van der Waals surface area contributed by atoms with Crippen molar-refractivity contribution in [2.45, 2.75) is 25.6 Å². The topological polar surface area (TPSA) is 0 Å². The zero-order chi connectivity index (χ0) is 12.6. The molecule has 0 nitrogen and oxygen atoms in total. The molecule has 0 spiro atoms. The average Bonchev–Trinajstić information content (AvgIpc) is 2.59. The van der Waals surface area contributed by atoms with Crippen molar-refractivity contribution in [1.82, 2.24) is 0 Å². The first-order valence-corrected chi connectivity index (χ1v) is 7.99. The molecule has 0 bridgehead atoms. The highest BCUT2D eigenvalue weighted by molar-refractivity contribution is 9.11. The molecule has 1 aromatic carbocycles. The molecule has 1 atom stereocenters. The average molecular weight is 374 g/mol. The summed E-state index contributed by atoms with van der Waals surface area (Å²) in [5.74, 6) is 0. The third kappa shape index (κ3) is 2.67. The number of hydrogen-bond acceptors (Lipinski definition) is 1. The highest BCUT2D eigenvalue weighted by Crippen LogP contribution is 2.41. The van der Waals surface area contributed by atoms with E-state index in [0.717, 1.165) is 0 Å². The van der Waals surface area contributed by atoms with E-state index >= 15 is 0 Å². The van der Waals surface area contributed by atoms with Gasteiger partial charge in [-0.1, -0.05) is 34.1 Å². The molecule has 1 heterocycles. The standard InChI is InChI=1S/C14H14Br2S/c1-8-5-4-6-9(2)12(8)13(15)11-7-10(3)14(16)17-11/h4-7,13H,1-3H3. The Hall–Kier alpha value is -0.120. The molecule has 0 saturated carbocycles. The monoisotopic (exact) mass is 372 g/mol. The fourth-order valence-corrected chi connectivity index (χ4v) is 4.67. The molecule has 3 heteroatoms. The van der Waals surface area contributed by atoms with Gasteiger partial charge in [-0.3, -0.25) is 0 Å². The van der Waals surface area contributed by atoms with Crippen LogP contribution >= 0.6 is 43.2 Å². The summed E-state index contributed by atoms with van der Waals surface area (Å²) in [5, 5.41) is 0. The number of benzene rings is 1. The molecule has 1 aromatic heterocycles. The second-order valence-electron chi connectivity index (χ2n) is 4.27. The molecule has 0 aliphatic heterocycles. The van der Waals surface area contributed by atoms with Gasteiger partial charge in [0.05, 0.1) is 8.61 Å². The quantitative estimate of drug-likeness (QED) is 0.573. The van der Waals surface area contributed by atoms with Crippen LogP contribution in [0.3, 0.4) is 0 Å². The molecular formula is C14H14Br2S. The van der Waals surface area contributed by atoms with Crippen LogP contribution in [-0.2, 0) is 0 Å². The molecule has 2 rings (SSSR count). The van der Waals surface area contributed by atoms with Crippen LogP contribution in [0.2, 0.25) is 0 Å². The Labute approximate surface area is 123 Å². The minimum absolute atomic E-state index is 0.290. The van der Waals surface area contributed by atoms with E-state index in [1.807, 2.05) is 0 Å². The van der Waals surface area contributed by atoms with Crippen molar-refractivity contribution in [3.05, 3.63) is 55.2 Å². The number of aryl methyl sites for hydroxylation is 3. The van der Waals surface area contributed by atoms with Crippen molar-refractivity contribution >= 4 is 43.2 Å². The lowest BCUT2D eigenvalue weighted by atomic mass is 9.99. The maximum Gasteiger partial charge on any atom is 0.0743 e. The number of rotatable bonds is 2. The fourth-order valence-electron chi connectivity index (χ4n) is 1.98. The Morgan fingerprint density at radius 2 is 1.65 bits per heavy atom. The van der Waals surface area contributed by atoms with E-state index < -0.39 is 0 Å². The number of hydrogen-bond donors (Lipinski definition) is 0. The predicted octanol–water partition coefficient (Wildman–Crippen LogP) is 5.92. The van der Waals surface area contributed by atoms with Crippen LogP contribution in [0.1, 0.15) is 32.0 Å². The molecule has 0 fully saturated rings. The lowest BCUT2D eigenvalue weighted by molar-refractivity contribution is 1.14. The molecule has 90 valence electrons. The summed E-state index contributed by atoms with van der Waals surface area (Å²) in [6.07, 6.45) is 0. The zero-order valence-corrected chi connectivity index (χ0v) is 14.0. The van der Waals surface area contributed by atoms with Gasteiger partial charge in [-0.2, -0.15) is 0 Å². The Kier molecular flexibility index (Phi) is 4.11. The van der Waals surface area contributed by atoms with Crippen LogP contribution < -0.4 is 0 Å². The SMILES string of the molecule is Cc1cc(C(Br)c2c(C)cccc2C)sc1Br. The first-order valence-electron chi connectivity index (χ1n) is 5.46. The van der Waals surface area contributed by atoms with E-state index in [4.69, 9.17) is 0 Å². The molecule has 0 saturated heterocycles. The van der Waals surface area contributed by atoms with E-state index in [-0.39, 0.29) is 0 Å². The molecule has 0 radical (unpaired) electrons. The van der Waals surface area contributed by atoms with Crippen molar-refractivity contribution in [2.24, 2.45) is 0 Å². The summed E-state index contributed by atoms with van der Waals surface area (Å²) in [4.78, 5) is 1.64. The van der Waals surface area contributed by atoms with E-state index in [9.17, 15) is 0 Å². The van der Waals surface area contributed by atoms with Gasteiger partial charge < -0.3 is 0 Å². The van der Waals surface area contributed by atoms with Gasteiger partial charge in [-0.15, -0.1) is 11.3 Å². The van der Waals surface area contributed by atoms with Crippen LogP contribution in [-0.4, -0.2) is 0 Å². The van der Waals surface area contributed by atoms with E-state index in [2.05, 4.69) is 76.9 Å². The highest BCUT2D eigenvalue weighted by Gasteiger charge is 2.17. The largest absolute Gasteiger partial charge is 0.131 e. The van der Waals surface area contributed by atoms with Crippen molar-refractivity contribution < 1.29 is 0 Å². The lowest BCUT2D eigenvalue weighted by Crippen LogP contribution is -1.96. The van der Waals surface area contributed by atoms with Gasteiger partial charge in [0.25, 0.3) is 0 Å². The summed E-state index contributed by atoms with van der Waals surface area (Å²) < 4.78 is 1.23. The summed E-state index contributed by atoms with van der Waals surface area (Å²) in [6.45, 7) is 6.48. The predicted molar refractivity (Wildman–Crippen MR) is 83.4 cm³/mol. The van der Waals surface area contributed by atoms with Gasteiger partial charge in [-0.25, -0.2) is 0 Å². The molecule has 17 heavy (non-hydrogen) atoms. The fraction of sp³-hybridized carbons (Fsp3) is 0.286. The lowest BCUT2D eigenvalue weighted by Gasteiger charge is -2.14. The summed E-state index contributed by atoms with van der Waals surface area (Å²) >= 11 is 9.23. The molecule has 0 N–H and O–H groups in total. The van der Waals surface area contributed by atoms with Crippen molar-refractivity contribution in [1.29, 1.82) is 0 Å². The summed E-state index contributed by atoms with van der Waals surface area (Å²) in [7, 11) is 0. The van der Waals surface area contributed by atoms with Gasteiger partial charge in [0.15, 0.2) is 0 Å². The number of thiophene rings is 1. The first kappa shape index (κ1) is 13.3. The smallest absolute Gasteiger partial charge is 0.0743 e. The Bertz CT molecular complexity index is 503. The maximum absolute atomic E-state index is 3.83. The zero-order valence-electron chi connectivity index (χ0n) is 10.1. The van der Waals surface area contributed by atoms with Crippen LogP contribution in [0.15, 0.2) is 28.1 Å². The third-order valence-corrected chi connectivity index (χ3v) is 6.38. The van der Waals surface area contributed by atoms with Crippen LogP contribution in [0, 0.1) is 20.8 Å². The molecule has 2 aromatic rings. The van der Waals surface area contributed by atoms with E-state index in [0.29, 0.717) is 4.83 Å². The minimum atomic E-state index is 0.290. The summed E-state index contributed by atoms with van der Waals surface area (Å²) in [6, 6.07) is 8.71. The highest BCUT2D eigenvalue weighted by atomic mass is 79.9. The molecule has 0 aliphatic carbocycles.